The summed E-state index contributed by atoms with van der Waals surface area (Å²) in [4.78, 5) is 28.6. The first kappa shape index (κ1) is 23.3. The lowest BCUT2D eigenvalue weighted by Crippen LogP contribution is -2.19. The molecular formula is C28H19FN2O4S. The summed E-state index contributed by atoms with van der Waals surface area (Å²) in [5.74, 6) is -1.05. The van der Waals surface area contributed by atoms with Crippen LogP contribution in [0, 0.1) is 5.82 Å². The lowest BCUT2D eigenvalue weighted by molar-refractivity contribution is -0.115. The summed E-state index contributed by atoms with van der Waals surface area (Å²) in [6, 6.07) is 23.8. The third-order valence-corrected chi connectivity index (χ3v) is 6.42. The maximum absolute atomic E-state index is 13.2. The maximum atomic E-state index is 13.2. The van der Waals surface area contributed by atoms with Crippen molar-refractivity contribution in [2.45, 2.75) is 6.61 Å². The molecule has 0 spiro atoms. The minimum atomic E-state index is -0.986. The van der Waals surface area contributed by atoms with Crippen molar-refractivity contribution in [2.75, 3.05) is 0 Å². The zero-order valence-corrected chi connectivity index (χ0v) is 19.6. The second kappa shape index (κ2) is 10.1. The highest BCUT2D eigenvalue weighted by Crippen LogP contribution is 2.35. The van der Waals surface area contributed by atoms with Crippen molar-refractivity contribution < 1.29 is 23.8 Å². The number of hydrogen-bond acceptors (Lipinski definition) is 5. The fourth-order valence-electron chi connectivity index (χ4n) is 3.70. The van der Waals surface area contributed by atoms with Crippen LogP contribution in [0.5, 0.6) is 5.75 Å². The zero-order valence-electron chi connectivity index (χ0n) is 18.8. The number of carbonyl (C=O) groups excluding carboxylic acids is 1. The summed E-state index contributed by atoms with van der Waals surface area (Å²) in [6.45, 7) is 0.227. The van der Waals surface area contributed by atoms with Gasteiger partial charge in [0.1, 0.15) is 18.2 Å². The molecule has 1 fully saturated rings. The molecule has 0 aromatic heterocycles. The van der Waals surface area contributed by atoms with Crippen LogP contribution in [0.25, 0.3) is 16.8 Å². The number of hydrogen-bond donors (Lipinski definition) is 2. The summed E-state index contributed by atoms with van der Waals surface area (Å²) in [7, 11) is 0. The van der Waals surface area contributed by atoms with Gasteiger partial charge in [-0.3, -0.25) is 4.79 Å². The molecule has 0 atom stereocenters. The SMILES string of the molecule is O=C1NC(=Nc2ccc(F)cc2)S/C1=C/c1c(OCc2ccc(C(=O)O)cc2)ccc2ccccc12. The third-order valence-electron chi connectivity index (χ3n) is 5.51. The molecule has 1 aliphatic heterocycles. The number of amidine groups is 1. The van der Waals surface area contributed by atoms with Crippen LogP contribution in [0.4, 0.5) is 10.1 Å². The van der Waals surface area contributed by atoms with Crippen molar-refractivity contribution >= 4 is 51.3 Å². The van der Waals surface area contributed by atoms with Gasteiger partial charge in [0.2, 0.25) is 0 Å². The zero-order chi connectivity index (χ0) is 25.1. The van der Waals surface area contributed by atoms with Crippen LogP contribution in [0.2, 0.25) is 0 Å². The molecular weight excluding hydrogens is 479 g/mol. The summed E-state index contributed by atoms with van der Waals surface area (Å²) >= 11 is 1.19. The number of halogens is 1. The van der Waals surface area contributed by atoms with Gasteiger partial charge in [-0.05, 0) is 76.6 Å². The Morgan fingerprint density at radius 2 is 1.75 bits per heavy atom. The Balaban J connectivity index is 1.45. The molecule has 4 aromatic carbocycles. The van der Waals surface area contributed by atoms with E-state index >= 15 is 0 Å². The molecule has 36 heavy (non-hydrogen) atoms. The maximum Gasteiger partial charge on any atom is 0.335 e. The number of carbonyl (C=O) groups is 2. The molecule has 1 aliphatic rings. The Labute approximate surface area is 210 Å². The van der Waals surface area contributed by atoms with Crippen LogP contribution >= 0.6 is 11.8 Å². The van der Waals surface area contributed by atoms with E-state index in [9.17, 15) is 14.0 Å². The van der Waals surface area contributed by atoms with Crippen LogP contribution in [0.1, 0.15) is 21.5 Å². The Kier molecular flexibility index (Phi) is 6.51. The lowest BCUT2D eigenvalue weighted by atomic mass is 10.0. The van der Waals surface area contributed by atoms with Gasteiger partial charge in [0, 0.05) is 5.56 Å². The number of rotatable bonds is 6. The topological polar surface area (TPSA) is 88.0 Å². The third kappa shape index (κ3) is 5.13. The molecule has 2 N–H and O–H groups in total. The predicted octanol–water partition coefficient (Wildman–Crippen LogP) is 6.15. The fourth-order valence-corrected chi connectivity index (χ4v) is 4.52. The van der Waals surface area contributed by atoms with Crippen molar-refractivity contribution in [1.29, 1.82) is 0 Å². The van der Waals surface area contributed by atoms with E-state index in [0.29, 0.717) is 21.5 Å². The van der Waals surface area contributed by atoms with Crippen LogP contribution in [0.15, 0.2) is 94.8 Å². The number of ether oxygens (including phenoxy) is 1. The molecule has 0 saturated carbocycles. The second-order valence-electron chi connectivity index (χ2n) is 7.95. The molecule has 0 aliphatic carbocycles. The van der Waals surface area contributed by atoms with Gasteiger partial charge < -0.3 is 15.2 Å². The van der Waals surface area contributed by atoms with E-state index in [4.69, 9.17) is 9.84 Å². The Hall–Kier alpha value is -4.43. The van der Waals surface area contributed by atoms with E-state index in [-0.39, 0.29) is 23.9 Å². The van der Waals surface area contributed by atoms with Gasteiger partial charge in [-0.1, -0.05) is 42.5 Å². The highest BCUT2D eigenvalue weighted by atomic mass is 32.2. The first-order valence-electron chi connectivity index (χ1n) is 11.0. The molecule has 5 rings (SSSR count). The number of benzene rings is 4. The van der Waals surface area contributed by atoms with Gasteiger partial charge in [-0.25, -0.2) is 14.2 Å². The van der Waals surface area contributed by atoms with Crippen molar-refractivity contribution in [2.24, 2.45) is 4.99 Å². The highest BCUT2D eigenvalue weighted by molar-refractivity contribution is 8.18. The Morgan fingerprint density at radius 1 is 1.00 bits per heavy atom. The van der Waals surface area contributed by atoms with Crippen molar-refractivity contribution in [3.05, 3.63) is 112 Å². The van der Waals surface area contributed by atoms with Crippen molar-refractivity contribution in [3.8, 4) is 5.75 Å². The molecule has 6 nitrogen and oxygen atoms in total. The van der Waals surface area contributed by atoms with E-state index in [0.717, 1.165) is 21.9 Å². The summed E-state index contributed by atoms with van der Waals surface area (Å²) in [6.07, 6.45) is 1.78. The van der Waals surface area contributed by atoms with Gasteiger partial charge >= 0.3 is 5.97 Å². The quantitative estimate of drug-likeness (QED) is 0.312. The van der Waals surface area contributed by atoms with Gasteiger partial charge in [-0.15, -0.1) is 0 Å². The van der Waals surface area contributed by atoms with E-state index < -0.39 is 5.97 Å². The van der Waals surface area contributed by atoms with E-state index in [1.165, 1.54) is 48.2 Å². The molecule has 4 aromatic rings. The first-order chi connectivity index (χ1) is 17.5. The number of nitrogens with zero attached hydrogens (tertiary/aromatic N) is 1. The minimum absolute atomic E-state index is 0.206. The number of aromatic carboxylic acids is 1. The molecule has 178 valence electrons. The molecule has 1 amide bonds. The number of thioether (sulfide) groups is 1. The molecule has 1 heterocycles. The van der Waals surface area contributed by atoms with E-state index in [1.54, 1.807) is 18.2 Å². The second-order valence-corrected chi connectivity index (χ2v) is 8.98. The minimum Gasteiger partial charge on any atom is -0.488 e. The lowest BCUT2D eigenvalue weighted by Gasteiger charge is -2.13. The van der Waals surface area contributed by atoms with Gasteiger partial charge in [0.15, 0.2) is 5.17 Å². The van der Waals surface area contributed by atoms with E-state index in [1.807, 2.05) is 36.4 Å². The van der Waals surface area contributed by atoms with Crippen LogP contribution < -0.4 is 10.1 Å². The average molecular weight is 499 g/mol. The van der Waals surface area contributed by atoms with Crippen molar-refractivity contribution in [3.63, 3.8) is 0 Å². The molecule has 1 saturated heterocycles. The number of nitrogens with one attached hydrogen (secondary N) is 1. The van der Waals surface area contributed by atoms with E-state index in [2.05, 4.69) is 10.3 Å². The molecule has 0 unspecified atom stereocenters. The smallest absolute Gasteiger partial charge is 0.335 e. The summed E-state index contributed by atoms with van der Waals surface area (Å²) in [5.41, 5.74) is 2.30. The number of fused-ring (bicyclic) bond motifs is 1. The number of carboxylic acids is 1. The highest BCUT2D eigenvalue weighted by Gasteiger charge is 2.25. The average Bonchev–Trinajstić information content (AvgIpc) is 3.23. The van der Waals surface area contributed by atoms with Gasteiger partial charge in [-0.2, -0.15) is 0 Å². The van der Waals surface area contributed by atoms with Crippen LogP contribution in [-0.2, 0) is 11.4 Å². The molecule has 0 bridgehead atoms. The standard InChI is InChI=1S/C28H19FN2O4S/c29-20-10-12-21(13-11-20)30-28-31-26(32)25(36-28)15-23-22-4-2-1-3-18(22)9-14-24(23)35-16-17-5-7-19(8-6-17)27(33)34/h1-15H,16H2,(H,33,34)(H,30,31,32)/b25-15+. The number of aliphatic imine (C=N–C) groups is 1. The normalized spacial score (nSPS) is 15.4. The van der Waals surface area contributed by atoms with Crippen LogP contribution in [-0.4, -0.2) is 22.2 Å². The first-order valence-corrected chi connectivity index (χ1v) is 11.8. The number of amides is 1. The predicted molar refractivity (Wildman–Crippen MR) is 139 cm³/mol. The molecule has 8 heteroatoms. The van der Waals surface area contributed by atoms with Gasteiger partial charge in [0.25, 0.3) is 5.91 Å². The Bertz CT molecular complexity index is 1530. The van der Waals surface area contributed by atoms with Crippen LogP contribution in [0.3, 0.4) is 0 Å². The summed E-state index contributed by atoms with van der Waals surface area (Å²) in [5, 5.41) is 14.2. The number of carboxylic acid groups (broad SMARTS) is 1. The Morgan fingerprint density at radius 3 is 2.50 bits per heavy atom. The fraction of sp³-hybridized carbons (Fsp3) is 0.0357. The summed E-state index contributed by atoms with van der Waals surface area (Å²) < 4.78 is 19.3. The molecule has 0 radical (unpaired) electrons. The largest absolute Gasteiger partial charge is 0.488 e. The van der Waals surface area contributed by atoms with Gasteiger partial charge in [0.05, 0.1) is 16.2 Å². The monoisotopic (exact) mass is 498 g/mol. The van der Waals surface area contributed by atoms with Crippen molar-refractivity contribution in [1.82, 2.24) is 5.32 Å².